The molecule has 8 nitrogen and oxygen atoms in total. The van der Waals surface area contributed by atoms with Crippen LogP contribution in [0.5, 0.6) is 0 Å². The third-order valence-electron chi connectivity index (χ3n) is 7.41. The van der Waals surface area contributed by atoms with Crippen LogP contribution in [0.1, 0.15) is 49.4 Å². The second-order valence-electron chi connectivity index (χ2n) is 9.54. The van der Waals surface area contributed by atoms with Gasteiger partial charge in [0.15, 0.2) is 11.6 Å². The van der Waals surface area contributed by atoms with Crippen LogP contribution in [0.15, 0.2) is 42.6 Å². The first-order valence-corrected chi connectivity index (χ1v) is 11.9. The summed E-state index contributed by atoms with van der Waals surface area (Å²) in [4.78, 5) is 32.8. The molecule has 3 amide bonds. The third-order valence-corrected chi connectivity index (χ3v) is 7.41. The second kappa shape index (κ2) is 9.50. The van der Waals surface area contributed by atoms with Crippen molar-refractivity contribution in [2.45, 2.75) is 55.8 Å². The number of carbonyl (C=O) groups excluding carboxylic acids is 2. The second-order valence-corrected chi connectivity index (χ2v) is 9.54. The number of benzene rings is 1. The molecule has 3 fully saturated rings. The molecule has 0 bridgehead atoms. The summed E-state index contributed by atoms with van der Waals surface area (Å²) in [6.07, 6.45) is 4.50. The number of nitrogens with one attached hydrogen (secondary N) is 1. The molecule has 0 radical (unpaired) electrons. The smallest absolute Gasteiger partial charge is 0.418 e. The minimum atomic E-state index is -1.05. The van der Waals surface area contributed by atoms with Gasteiger partial charge in [0, 0.05) is 31.4 Å². The summed E-state index contributed by atoms with van der Waals surface area (Å²) in [6.45, 7) is 1.32. The Bertz CT molecular complexity index is 1090. The molecule has 1 saturated carbocycles. The molecule has 1 aromatic carbocycles. The van der Waals surface area contributed by atoms with E-state index < -0.39 is 35.4 Å². The first kappa shape index (κ1) is 23.6. The van der Waals surface area contributed by atoms with E-state index in [1.54, 1.807) is 6.20 Å². The van der Waals surface area contributed by atoms with Gasteiger partial charge in [0.2, 0.25) is 0 Å². The van der Waals surface area contributed by atoms with Gasteiger partial charge in [-0.2, -0.15) is 0 Å². The largest absolute Gasteiger partial charge is 0.446 e. The van der Waals surface area contributed by atoms with Crippen molar-refractivity contribution in [2.24, 2.45) is 0 Å². The Labute approximate surface area is 201 Å². The molecule has 5 rings (SSSR count). The number of carbonyl (C=O) groups is 2. The Morgan fingerprint density at radius 1 is 1.14 bits per heavy atom. The number of nitrogens with zero attached hydrogens (tertiary/aromatic N) is 3. The number of imide groups is 1. The summed E-state index contributed by atoms with van der Waals surface area (Å²) in [5, 5.41) is 13.9. The lowest BCUT2D eigenvalue weighted by atomic mass is 9.79. The molecule has 2 N–H and O–H groups in total. The van der Waals surface area contributed by atoms with Gasteiger partial charge in [0.05, 0.1) is 5.69 Å². The fourth-order valence-electron chi connectivity index (χ4n) is 5.43. The summed E-state index contributed by atoms with van der Waals surface area (Å²) >= 11 is 0. The van der Waals surface area contributed by atoms with Crippen molar-refractivity contribution in [1.82, 2.24) is 20.1 Å². The van der Waals surface area contributed by atoms with E-state index in [4.69, 9.17) is 4.74 Å². The quantitative estimate of drug-likeness (QED) is 0.687. The van der Waals surface area contributed by atoms with Gasteiger partial charge >= 0.3 is 12.1 Å². The lowest BCUT2D eigenvalue weighted by molar-refractivity contribution is -0.0257. The van der Waals surface area contributed by atoms with E-state index in [1.807, 2.05) is 18.2 Å². The summed E-state index contributed by atoms with van der Waals surface area (Å²) in [5.41, 5.74) is 0.0921. The van der Waals surface area contributed by atoms with Gasteiger partial charge in [-0.3, -0.25) is 9.88 Å². The van der Waals surface area contributed by atoms with Gasteiger partial charge < -0.3 is 15.2 Å². The van der Waals surface area contributed by atoms with Crippen molar-refractivity contribution < 1.29 is 28.2 Å². The standard InChI is InChI=1S/C25H28F2N4O4/c26-19-5-4-16(13-20(19)27)21-15-35-24(33)31(21)23(32)29-17-8-12-30(14-17)18-6-9-25(34,10-7-18)22-3-1-2-11-28-22/h1-5,11,13,17-18,21,34H,6-10,12,14-15H2,(H,29,32)/t17-,18?,21-,25?/m1/s1. The number of aromatic nitrogens is 1. The minimum absolute atomic E-state index is 0.116. The number of aliphatic hydroxyl groups is 1. The van der Waals surface area contributed by atoms with Crippen molar-refractivity contribution in [3.05, 3.63) is 65.5 Å². The highest BCUT2D eigenvalue weighted by molar-refractivity contribution is 5.92. The van der Waals surface area contributed by atoms with E-state index in [0.29, 0.717) is 36.7 Å². The molecule has 35 heavy (non-hydrogen) atoms. The zero-order valence-corrected chi connectivity index (χ0v) is 19.2. The van der Waals surface area contributed by atoms with E-state index in [-0.39, 0.29) is 12.6 Å². The van der Waals surface area contributed by atoms with Crippen LogP contribution in [0.25, 0.3) is 0 Å². The summed E-state index contributed by atoms with van der Waals surface area (Å²) in [6, 6.07) is 7.58. The molecule has 3 aliphatic rings. The highest BCUT2D eigenvalue weighted by Crippen LogP contribution is 2.38. The molecular weight excluding hydrogens is 458 g/mol. The van der Waals surface area contributed by atoms with Gasteiger partial charge in [0.1, 0.15) is 18.2 Å². The molecular formula is C25H28F2N4O4. The number of cyclic esters (lactones) is 1. The van der Waals surface area contributed by atoms with Crippen LogP contribution in [0.2, 0.25) is 0 Å². The Kier molecular flexibility index (Phi) is 6.41. The fourth-order valence-corrected chi connectivity index (χ4v) is 5.43. The van der Waals surface area contributed by atoms with E-state index in [1.165, 1.54) is 6.07 Å². The highest BCUT2D eigenvalue weighted by atomic mass is 19.2. The SMILES string of the molecule is O=C(N[C@@H]1CCN(C2CCC(O)(c3ccccn3)CC2)C1)N1C(=O)OC[C@@H]1c1ccc(F)c(F)c1. The van der Waals surface area contributed by atoms with E-state index in [9.17, 15) is 23.5 Å². The maximum Gasteiger partial charge on any atom is 0.418 e. The van der Waals surface area contributed by atoms with Crippen LogP contribution < -0.4 is 5.32 Å². The van der Waals surface area contributed by atoms with Crippen molar-refractivity contribution in [1.29, 1.82) is 0 Å². The number of hydrogen-bond acceptors (Lipinski definition) is 6. The highest BCUT2D eigenvalue weighted by Gasteiger charge is 2.42. The Balaban J connectivity index is 1.17. The Hall–Kier alpha value is -3.11. The molecule has 0 spiro atoms. The normalized spacial score (nSPS) is 29.3. The Morgan fingerprint density at radius 2 is 1.94 bits per heavy atom. The molecule has 2 saturated heterocycles. The number of halogens is 2. The fraction of sp³-hybridized carbons (Fsp3) is 0.480. The first-order valence-electron chi connectivity index (χ1n) is 11.9. The lowest BCUT2D eigenvalue weighted by Gasteiger charge is -2.39. The zero-order valence-electron chi connectivity index (χ0n) is 19.2. The van der Waals surface area contributed by atoms with E-state index in [2.05, 4.69) is 15.2 Å². The predicted molar refractivity (Wildman–Crippen MR) is 121 cm³/mol. The van der Waals surface area contributed by atoms with Gasteiger partial charge in [-0.25, -0.2) is 23.3 Å². The number of hydrogen-bond donors (Lipinski definition) is 2. The van der Waals surface area contributed by atoms with Gasteiger partial charge in [-0.05, 0) is 61.9 Å². The molecule has 2 aliphatic heterocycles. The lowest BCUT2D eigenvalue weighted by Crippen LogP contribution is -2.48. The average Bonchev–Trinajstić information content (AvgIpc) is 3.48. The van der Waals surface area contributed by atoms with E-state index in [0.717, 1.165) is 42.8 Å². The molecule has 2 atom stereocenters. The van der Waals surface area contributed by atoms with Crippen LogP contribution in [0.4, 0.5) is 18.4 Å². The van der Waals surface area contributed by atoms with Crippen LogP contribution in [-0.4, -0.2) is 63.8 Å². The van der Waals surface area contributed by atoms with E-state index >= 15 is 0 Å². The summed E-state index contributed by atoms with van der Waals surface area (Å²) in [7, 11) is 0. The van der Waals surface area contributed by atoms with Gasteiger partial charge in [-0.15, -0.1) is 0 Å². The molecule has 1 aromatic heterocycles. The first-order chi connectivity index (χ1) is 16.8. The summed E-state index contributed by atoms with van der Waals surface area (Å²) in [5.74, 6) is -2.04. The Morgan fingerprint density at radius 3 is 2.66 bits per heavy atom. The maximum atomic E-state index is 13.7. The molecule has 10 heteroatoms. The molecule has 0 unspecified atom stereocenters. The van der Waals surface area contributed by atoms with Crippen LogP contribution in [0.3, 0.4) is 0 Å². The van der Waals surface area contributed by atoms with Crippen molar-refractivity contribution in [3.8, 4) is 0 Å². The molecule has 186 valence electrons. The van der Waals surface area contributed by atoms with Crippen molar-refractivity contribution >= 4 is 12.1 Å². The number of ether oxygens (including phenoxy) is 1. The van der Waals surface area contributed by atoms with Crippen LogP contribution in [-0.2, 0) is 10.3 Å². The zero-order chi connectivity index (χ0) is 24.6. The molecule has 2 aromatic rings. The van der Waals surface area contributed by atoms with Gasteiger partial charge in [-0.1, -0.05) is 12.1 Å². The third kappa shape index (κ3) is 4.72. The maximum absolute atomic E-state index is 13.7. The molecule has 3 heterocycles. The number of rotatable bonds is 4. The van der Waals surface area contributed by atoms with Crippen LogP contribution in [0, 0.1) is 11.6 Å². The molecule has 1 aliphatic carbocycles. The number of amides is 3. The van der Waals surface area contributed by atoms with Crippen molar-refractivity contribution in [2.75, 3.05) is 19.7 Å². The minimum Gasteiger partial charge on any atom is -0.446 e. The topological polar surface area (TPSA) is 95.0 Å². The summed E-state index contributed by atoms with van der Waals surface area (Å²) < 4.78 is 32.1. The van der Waals surface area contributed by atoms with Crippen molar-refractivity contribution in [3.63, 3.8) is 0 Å². The predicted octanol–water partition coefficient (Wildman–Crippen LogP) is 3.47. The monoisotopic (exact) mass is 486 g/mol. The number of urea groups is 1. The van der Waals surface area contributed by atoms with Gasteiger partial charge in [0.25, 0.3) is 0 Å². The number of pyridine rings is 1. The number of likely N-dealkylation sites (tertiary alicyclic amines) is 1. The average molecular weight is 487 g/mol. The van der Waals surface area contributed by atoms with Crippen LogP contribution >= 0.6 is 0 Å².